The van der Waals surface area contributed by atoms with Gasteiger partial charge in [0.2, 0.25) is 11.8 Å². The van der Waals surface area contributed by atoms with Crippen molar-refractivity contribution in [1.82, 2.24) is 4.98 Å². The molecule has 5 rings (SSSR count). The summed E-state index contributed by atoms with van der Waals surface area (Å²) in [6.45, 7) is 1.54. The molecule has 170 valence electrons. The van der Waals surface area contributed by atoms with Crippen molar-refractivity contribution in [3.8, 4) is 11.5 Å². The van der Waals surface area contributed by atoms with E-state index in [4.69, 9.17) is 21.1 Å². The Morgan fingerprint density at radius 2 is 1.85 bits per heavy atom. The van der Waals surface area contributed by atoms with Gasteiger partial charge in [-0.3, -0.25) is 4.79 Å². The summed E-state index contributed by atoms with van der Waals surface area (Å²) in [4.78, 5) is 17.8. The van der Waals surface area contributed by atoms with E-state index in [1.165, 1.54) is 0 Å². The van der Waals surface area contributed by atoms with Gasteiger partial charge in [-0.05, 0) is 35.7 Å². The van der Waals surface area contributed by atoms with E-state index < -0.39 is 22.5 Å². The molecule has 3 aromatic rings. The molecule has 0 bridgehead atoms. The van der Waals surface area contributed by atoms with Crippen LogP contribution in [0.2, 0.25) is 5.02 Å². The summed E-state index contributed by atoms with van der Waals surface area (Å²) < 4.78 is 40.9. The van der Waals surface area contributed by atoms with E-state index in [1.54, 1.807) is 23.1 Å². The van der Waals surface area contributed by atoms with Crippen LogP contribution in [0.3, 0.4) is 0 Å². The number of Topliss-reactive ketones (excluding diaryl/α,β-unsaturated/α-hetero) is 1. The lowest BCUT2D eigenvalue weighted by Gasteiger charge is -2.28. The maximum Gasteiger partial charge on any atom is 0.237 e. The van der Waals surface area contributed by atoms with Gasteiger partial charge in [0.1, 0.15) is 10.8 Å². The first-order valence-electron chi connectivity index (χ1n) is 10.8. The van der Waals surface area contributed by atoms with Crippen molar-refractivity contribution in [2.75, 3.05) is 31.2 Å². The third-order valence-corrected chi connectivity index (χ3v) is 6.40. The van der Waals surface area contributed by atoms with Gasteiger partial charge in [-0.2, -0.15) is 13.8 Å². The number of aromatic nitrogens is 1. The Morgan fingerprint density at radius 3 is 2.61 bits per heavy atom. The Kier molecular flexibility index (Phi) is 6.00. The summed E-state index contributed by atoms with van der Waals surface area (Å²) in [7, 11) is 0. The van der Waals surface area contributed by atoms with E-state index in [-0.39, 0.29) is 23.3 Å². The lowest BCUT2D eigenvalue weighted by atomic mass is 9.78. The zero-order valence-electron chi connectivity index (χ0n) is 17.7. The first-order valence-corrected chi connectivity index (χ1v) is 11.2. The van der Waals surface area contributed by atoms with Gasteiger partial charge in [-0.15, -0.1) is 0 Å². The number of benzene rings is 2. The van der Waals surface area contributed by atoms with Crippen molar-refractivity contribution < 1.29 is 23.0 Å². The number of hydrogen-bond donors (Lipinski definition) is 0. The minimum absolute atomic E-state index is 0.000793. The molecule has 5 nitrogen and oxygen atoms in total. The van der Waals surface area contributed by atoms with E-state index in [2.05, 4.69) is 4.98 Å². The molecule has 1 aliphatic carbocycles. The van der Waals surface area contributed by atoms with Crippen LogP contribution < -0.4 is 9.64 Å². The predicted molar refractivity (Wildman–Crippen MR) is 121 cm³/mol. The maximum atomic E-state index is 15.4. The minimum atomic E-state index is -1.01. The second-order valence-electron chi connectivity index (χ2n) is 8.06. The predicted octanol–water partition coefficient (Wildman–Crippen LogP) is 5.75. The number of anilines is 1. The summed E-state index contributed by atoms with van der Waals surface area (Å²) in [5.41, 5.74) is 2.50. The molecule has 2 heterocycles. The second-order valence-corrected chi connectivity index (χ2v) is 8.44. The average molecular weight is 471 g/mol. The molecule has 1 saturated heterocycles. The second kappa shape index (κ2) is 9.08. The molecule has 8 heteroatoms. The molecule has 1 atom stereocenters. The van der Waals surface area contributed by atoms with Crippen LogP contribution in [-0.2, 0) is 4.74 Å². The summed E-state index contributed by atoms with van der Waals surface area (Å²) in [5.74, 6) is -2.11. The van der Waals surface area contributed by atoms with Gasteiger partial charge in [-0.25, -0.2) is 0 Å². The van der Waals surface area contributed by atoms with Gasteiger partial charge in [0, 0.05) is 31.0 Å². The van der Waals surface area contributed by atoms with Gasteiger partial charge >= 0.3 is 0 Å². The highest BCUT2D eigenvalue weighted by Crippen LogP contribution is 2.41. The monoisotopic (exact) mass is 470 g/mol. The molecule has 2 aromatic carbocycles. The lowest BCUT2D eigenvalue weighted by Crippen LogP contribution is -2.37. The fourth-order valence-corrected chi connectivity index (χ4v) is 4.58. The van der Waals surface area contributed by atoms with Crippen molar-refractivity contribution in [2.24, 2.45) is 0 Å². The van der Waals surface area contributed by atoms with Crippen molar-refractivity contribution >= 4 is 23.2 Å². The molecule has 1 fully saturated rings. The first-order chi connectivity index (χ1) is 16.0. The Morgan fingerprint density at radius 1 is 1.09 bits per heavy atom. The third-order valence-electron chi connectivity index (χ3n) is 6.07. The summed E-state index contributed by atoms with van der Waals surface area (Å²) >= 11 is 6.05. The maximum absolute atomic E-state index is 15.4. The van der Waals surface area contributed by atoms with E-state index in [1.807, 2.05) is 30.3 Å². The molecule has 1 aromatic heterocycles. The number of fused-ring (bicyclic) bond motifs is 1. The van der Waals surface area contributed by atoms with Gasteiger partial charge in [0.25, 0.3) is 0 Å². The van der Waals surface area contributed by atoms with Crippen molar-refractivity contribution in [1.29, 1.82) is 0 Å². The fourth-order valence-electron chi connectivity index (χ4n) is 4.42. The van der Waals surface area contributed by atoms with Crippen molar-refractivity contribution in [3.05, 3.63) is 82.0 Å². The first kappa shape index (κ1) is 21.8. The summed E-state index contributed by atoms with van der Waals surface area (Å²) in [6, 6.07) is 14.8. The average Bonchev–Trinajstić information content (AvgIpc) is 2.85. The molecule has 0 N–H and O–H groups in total. The Hall–Kier alpha value is -3.03. The van der Waals surface area contributed by atoms with E-state index >= 15 is 4.39 Å². The molecular formula is C25H21ClF2N2O3. The van der Waals surface area contributed by atoms with E-state index in [0.29, 0.717) is 44.7 Å². The van der Waals surface area contributed by atoms with Crippen LogP contribution in [0.4, 0.5) is 14.6 Å². The van der Waals surface area contributed by atoms with Crippen LogP contribution in [0.5, 0.6) is 11.5 Å². The number of pyridine rings is 1. The number of carbonyl (C=O) groups is 1. The molecule has 33 heavy (non-hydrogen) atoms. The van der Waals surface area contributed by atoms with E-state index in [9.17, 15) is 9.18 Å². The number of rotatable bonds is 4. The largest absolute Gasteiger partial charge is 0.452 e. The molecule has 2 aliphatic rings. The smallest absolute Gasteiger partial charge is 0.237 e. The highest BCUT2D eigenvalue weighted by molar-refractivity contribution is 6.32. The van der Waals surface area contributed by atoms with Crippen LogP contribution in [-0.4, -0.2) is 37.1 Å². The van der Waals surface area contributed by atoms with Crippen molar-refractivity contribution in [3.63, 3.8) is 0 Å². The number of ketones is 1. The topological polar surface area (TPSA) is 51.7 Å². The lowest BCUT2D eigenvalue weighted by molar-refractivity contribution is 0.0969. The molecule has 1 aliphatic heterocycles. The Labute approximate surface area is 194 Å². The number of nitrogens with zero attached hydrogens (tertiary/aromatic N) is 2. The van der Waals surface area contributed by atoms with Gasteiger partial charge in [0.05, 0.1) is 13.2 Å². The summed E-state index contributed by atoms with van der Waals surface area (Å²) in [5, 5.41) is -0.530. The Bertz CT molecular complexity index is 1200. The molecule has 0 unspecified atom stereocenters. The molecule has 0 amide bonds. The van der Waals surface area contributed by atoms with Crippen LogP contribution in [0.25, 0.3) is 0 Å². The number of carbonyl (C=O) groups excluding carboxylic acids is 1. The van der Waals surface area contributed by atoms with Gasteiger partial charge < -0.3 is 14.4 Å². The van der Waals surface area contributed by atoms with Crippen molar-refractivity contribution in [2.45, 2.75) is 18.8 Å². The molecular weight excluding hydrogens is 450 g/mol. The molecule has 0 saturated carbocycles. The zero-order valence-corrected chi connectivity index (χ0v) is 18.4. The van der Waals surface area contributed by atoms with Crippen LogP contribution in [0.1, 0.15) is 40.2 Å². The van der Waals surface area contributed by atoms with Crippen LogP contribution >= 0.6 is 11.6 Å². The summed E-state index contributed by atoms with van der Waals surface area (Å²) in [6.07, 6.45) is 1.12. The van der Waals surface area contributed by atoms with Gasteiger partial charge in [0.15, 0.2) is 17.4 Å². The SMILES string of the molecule is O=C1CC[C@@H](c2ccccc2)c2cc(Oc3c(F)c(N4CCOCC4)nc(F)c3Cl)ccc21. The highest BCUT2D eigenvalue weighted by atomic mass is 35.5. The third kappa shape index (κ3) is 4.18. The quantitative estimate of drug-likeness (QED) is 0.454. The van der Waals surface area contributed by atoms with E-state index in [0.717, 1.165) is 11.1 Å². The van der Waals surface area contributed by atoms with Crippen LogP contribution in [0, 0.1) is 11.8 Å². The number of hydrogen-bond acceptors (Lipinski definition) is 5. The number of halogens is 3. The highest BCUT2D eigenvalue weighted by Gasteiger charge is 2.29. The zero-order chi connectivity index (χ0) is 22.9. The van der Waals surface area contributed by atoms with Gasteiger partial charge in [-0.1, -0.05) is 41.9 Å². The molecule has 0 radical (unpaired) electrons. The Balaban J connectivity index is 1.53. The number of ether oxygens (including phenoxy) is 2. The van der Waals surface area contributed by atoms with Crippen LogP contribution in [0.15, 0.2) is 48.5 Å². The number of morpholine rings is 1. The normalized spacial score (nSPS) is 18.2. The fraction of sp³-hybridized carbons (Fsp3) is 0.280. The molecule has 0 spiro atoms. The minimum Gasteiger partial charge on any atom is -0.452 e. The standard InChI is InChI=1S/C25H21ClF2N2O3/c26-21-23(22(27)25(29-24(21)28)30-10-12-32-13-11-30)33-16-6-7-18-19(14-16)17(8-9-20(18)31)15-4-2-1-3-5-15/h1-7,14,17H,8-13H2/t17-/m0/s1.